The minimum absolute atomic E-state index is 0.000964. The fourth-order valence-corrected chi connectivity index (χ4v) is 1.89. The van der Waals surface area contributed by atoms with E-state index in [1.54, 1.807) is 10.7 Å². The molecule has 104 valence electrons. The normalized spacial score (nSPS) is 10.2. The van der Waals surface area contributed by atoms with Gasteiger partial charge in [0, 0.05) is 12.0 Å². The summed E-state index contributed by atoms with van der Waals surface area (Å²) >= 11 is 0. The maximum atomic E-state index is 13.3. The van der Waals surface area contributed by atoms with Gasteiger partial charge in [0.05, 0.1) is 13.2 Å². The minimum atomic E-state index is -0.325. The number of aromatic nitrogens is 3. The van der Waals surface area contributed by atoms with Gasteiger partial charge in [-0.3, -0.25) is 0 Å². The second-order valence-corrected chi connectivity index (χ2v) is 4.44. The van der Waals surface area contributed by atoms with Gasteiger partial charge in [-0.25, -0.2) is 14.1 Å². The second-order valence-electron chi connectivity index (χ2n) is 4.44. The van der Waals surface area contributed by atoms with Gasteiger partial charge >= 0.3 is 0 Å². The van der Waals surface area contributed by atoms with Gasteiger partial charge in [0.2, 0.25) is 0 Å². The summed E-state index contributed by atoms with van der Waals surface area (Å²) in [4.78, 5) is 4.24. The Morgan fingerprint density at radius 1 is 1.35 bits per heavy atom. The molecule has 2 rings (SSSR count). The first-order valence-corrected chi connectivity index (χ1v) is 6.36. The number of aliphatic hydroxyl groups excluding tert-OH is 1. The van der Waals surface area contributed by atoms with Gasteiger partial charge in [-0.2, -0.15) is 5.10 Å². The number of hydrogen-bond donors (Lipinski definition) is 1. The number of halogens is 1. The molecule has 0 spiro atoms. The van der Waals surface area contributed by atoms with E-state index in [0.29, 0.717) is 24.4 Å². The monoisotopic (exact) mass is 273 g/mol. The van der Waals surface area contributed by atoms with Crippen molar-refractivity contribution in [3.05, 3.63) is 46.8 Å². The van der Waals surface area contributed by atoms with E-state index in [0.717, 1.165) is 11.4 Å². The molecule has 0 aliphatic carbocycles. The fourth-order valence-electron chi connectivity index (χ4n) is 1.89. The van der Waals surface area contributed by atoms with Crippen LogP contribution in [-0.4, -0.2) is 26.5 Å². The smallest absolute Gasteiger partial charge is 0.147 e. The van der Waals surface area contributed by atoms with Gasteiger partial charge < -0.3 is 5.11 Å². The second kappa shape index (κ2) is 6.31. The van der Waals surface area contributed by atoms with E-state index in [9.17, 15) is 4.39 Å². The van der Waals surface area contributed by atoms with Crippen LogP contribution in [0, 0.1) is 31.5 Å². The van der Waals surface area contributed by atoms with Crippen molar-refractivity contribution in [3.8, 4) is 11.8 Å². The molecular formula is C15H16FN3O. The number of hydrogen-bond acceptors (Lipinski definition) is 3. The summed E-state index contributed by atoms with van der Waals surface area (Å²) in [7, 11) is 0. The summed E-state index contributed by atoms with van der Waals surface area (Å²) in [5, 5.41) is 13.0. The topological polar surface area (TPSA) is 50.9 Å². The highest BCUT2D eigenvalue weighted by atomic mass is 19.1. The Kier molecular flexibility index (Phi) is 4.49. The minimum Gasteiger partial charge on any atom is -0.395 e. The molecular weight excluding hydrogens is 257 g/mol. The largest absolute Gasteiger partial charge is 0.395 e. The van der Waals surface area contributed by atoms with Crippen LogP contribution in [0.1, 0.15) is 29.2 Å². The molecule has 0 aliphatic heterocycles. The molecule has 0 radical (unpaired) electrons. The third kappa shape index (κ3) is 3.43. The van der Waals surface area contributed by atoms with Crippen molar-refractivity contribution in [2.45, 2.75) is 26.8 Å². The Morgan fingerprint density at radius 3 is 2.80 bits per heavy atom. The number of nitrogens with zero attached hydrogens (tertiary/aromatic N) is 3. The predicted octanol–water partition coefficient (Wildman–Crippen LogP) is 1.82. The van der Waals surface area contributed by atoms with Crippen molar-refractivity contribution < 1.29 is 9.50 Å². The molecule has 0 bridgehead atoms. The zero-order chi connectivity index (χ0) is 14.5. The molecule has 2 aromatic rings. The van der Waals surface area contributed by atoms with Crippen LogP contribution in [0.25, 0.3) is 0 Å². The standard InChI is InChI=1S/C15H16FN3O/c1-11-17-12(2)19(18-11)10-14-6-7-15(16)9-13(14)5-3-4-8-20/h6-7,9,20H,4,8,10H2,1-2H3. The quantitative estimate of drug-likeness (QED) is 0.868. The Morgan fingerprint density at radius 2 is 2.15 bits per heavy atom. The van der Waals surface area contributed by atoms with Crippen molar-refractivity contribution >= 4 is 0 Å². The lowest BCUT2D eigenvalue weighted by Crippen LogP contribution is -2.06. The van der Waals surface area contributed by atoms with Gasteiger partial charge in [0.25, 0.3) is 0 Å². The highest BCUT2D eigenvalue weighted by Crippen LogP contribution is 2.13. The predicted molar refractivity (Wildman–Crippen MR) is 73.6 cm³/mol. The molecule has 0 saturated carbocycles. The average Bonchev–Trinajstić information content (AvgIpc) is 2.71. The molecule has 5 heteroatoms. The molecule has 20 heavy (non-hydrogen) atoms. The van der Waals surface area contributed by atoms with Crippen LogP contribution in [0.3, 0.4) is 0 Å². The Labute approximate surface area is 117 Å². The summed E-state index contributed by atoms with van der Waals surface area (Å²) < 4.78 is 15.1. The van der Waals surface area contributed by atoms with Crippen LogP contribution in [-0.2, 0) is 6.54 Å². The van der Waals surface area contributed by atoms with E-state index in [4.69, 9.17) is 5.11 Å². The van der Waals surface area contributed by atoms with Gasteiger partial charge in [0.1, 0.15) is 17.5 Å². The van der Waals surface area contributed by atoms with E-state index < -0.39 is 0 Å². The lowest BCUT2D eigenvalue weighted by molar-refractivity contribution is 0.305. The van der Waals surface area contributed by atoms with Crippen LogP contribution in [0.15, 0.2) is 18.2 Å². The van der Waals surface area contributed by atoms with Gasteiger partial charge in [0.15, 0.2) is 0 Å². The zero-order valence-electron chi connectivity index (χ0n) is 11.5. The molecule has 1 aromatic heterocycles. The van der Waals surface area contributed by atoms with E-state index in [2.05, 4.69) is 21.9 Å². The molecule has 0 atom stereocenters. The Hall–Kier alpha value is -2.19. The molecule has 1 aromatic carbocycles. The van der Waals surface area contributed by atoms with Crippen LogP contribution in [0.4, 0.5) is 4.39 Å². The van der Waals surface area contributed by atoms with Gasteiger partial charge in [-0.15, -0.1) is 0 Å². The highest BCUT2D eigenvalue weighted by molar-refractivity contribution is 5.41. The van der Waals surface area contributed by atoms with Crippen molar-refractivity contribution in [3.63, 3.8) is 0 Å². The van der Waals surface area contributed by atoms with Crippen molar-refractivity contribution in [2.75, 3.05) is 6.61 Å². The maximum absolute atomic E-state index is 13.3. The molecule has 0 saturated heterocycles. The Bertz CT molecular complexity index is 667. The first kappa shape index (κ1) is 14.2. The summed E-state index contributed by atoms with van der Waals surface area (Å²) in [5.41, 5.74) is 1.50. The van der Waals surface area contributed by atoms with E-state index in [1.165, 1.54) is 12.1 Å². The lowest BCUT2D eigenvalue weighted by Gasteiger charge is -2.06. The van der Waals surface area contributed by atoms with Crippen LogP contribution in [0.5, 0.6) is 0 Å². The van der Waals surface area contributed by atoms with E-state index >= 15 is 0 Å². The van der Waals surface area contributed by atoms with Crippen LogP contribution < -0.4 is 0 Å². The third-order valence-corrected chi connectivity index (χ3v) is 2.81. The molecule has 0 unspecified atom stereocenters. The Balaban J connectivity index is 2.32. The highest BCUT2D eigenvalue weighted by Gasteiger charge is 2.07. The van der Waals surface area contributed by atoms with Gasteiger partial charge in [-0.1, -0.05) is 17.9 Å². The first-order chi connectivity index (χ1) is 9.60. The first-order valence-electron chi connectivity index (χ1n) is 6.36. The molecule has 1 heterocycles. The lowest BCUT2D eigenvalue weighted by atomic mass is 10.1. The van der Waals surface area contributed by atoms with Crippen LogP contribution >= 0.6 is 0 Å². The van der Waals surface area contributed by atoms with Gasteiger partial charge in [-0.05, 0) is 31.5 Å². The molecule has 0 fully saturated rings. The number of benzene rings is 1. The van der Waals surface area contributed by atoms with Crippen molar-refractivity contribution in [1.29, 1.82) is 0 Å². The number of aliphatic hydroxyl groups is 1. The third-order valence-electron chi connectivity index (χ3n) is 2.81. The van der Waals surface area contributed by atoms with E-state index in [-0.39, 0.29) is 12.4 Å². The van der Waals surface area contributed by atoms with Crippen molar-refractivity contribution in [1.82, 2.24) is 14.8 Å². The maximum Gasteiger partial charge on any atom is 0.147 e. The summed E-state index contributed by atoms with van der Waals surface area (Å²) in [6.07, 6.45) is 0.372. The number of aryl methyl sites for hydroxylation is 2. The summed E-state index contributed by atoms with van der Waals surface area (Å²) in [5.74, 6) is 6.89. The zero-order valence-corrected chi connectivity index (χ0v) is 11.5. The molecule has 0 aliphatic rings. The average molecular weight is 273 g/mol. The summed E-state index contributed by atoms with van der Waals surface area (Å²) in [6.45, 7) is 4.20. The fraction of sp³-hybridized carbons (Fsp3) is 0.333. The van der Waals surface area contributed by atoms with Crippen molar-refractivity contribution in [2.24, 2.45) is 0 Å². The number of rotatable bonds is 3. The summed E-state index contributed by atoms with van der Waals surface area (Å²) in [6, 6.07) is 4.51. The SMILES string of the molecule is Cc1nc(C)n(Cc2ccc(F)cc2C#CCCO)n1. The molecule has 4 nitrogen and oxygen atoms in total. The molecule has 1 N–H and O–H groups in total. The van der Waals surface area contributed by atoms with E-state index in [1.807, 2.05) is 13.8 Å². The molecule has 0 amide bonds. The van der Waals surface area contributed by atoms with Crippen LogP contribution in [0.2, 0.25) is 0 Å².